The van der Waals surface area contributed by atoms with Gasteiger partial charge < -0.3 is 67.2 Å². The molecule has 0 amide bonds. The predicted octanol–water partition coefficient (Wildman–Crippen LogP) is -3.35. The number of nitrogens with zero attached hydrogens (tertiary/aromatic N) is 1. The summed E-state index contributed by atoms with van der Waals surface area (Å²) in [4.78, 5) is 3.99. The molecule has 13 atom stereocenters. The van der Waals surface area contributed by atoms with Gasteiger partial charge in [0.25, 0.3) is 6.43 Å². The van der Waals surface area contributed by atoms with Crippen LogP contribution in [0, 0.1) is 0 Å². The highest BCUT2D eigenvalue weighted by molar-refractivity contribution is 5.85. The van der Waals surface area contributed by atoms with Gasteiger partial charge in [0.2, 0.25) is 0 Å². The number of aliphatic hydroxyl groups excluding tert-OH is 3. The summed E-state index contributed by atoms with van der Waals surface area (Å²) in [5.74, 6) is -0.792. The van der Waals surface area contributed by atoms with Crippen LogP contribution >= 0.6 is 0 Å². The molecule has 14 nitrogen and oxygen atoms in total. The van der Waals surface area contributed by atoms with E-state index in [9.17, 15) is 33.6 Å². The average molecular weight is 603 g/mol. The molecule has 12 N–H and O–H groups in total. The van der Waals surface area contributed by atoms with Gasteiger partial charge in [0.05, 0.1) is 30.8 Å². The predicted molar refractivity (Wildman–Crippen MR) is 140 cm³/mol. The minimum absolute atomic E-state index is 0.0948. The second kappa shape index (κ2) is 15.0. The Labute approximate surface area is 236 Å². The number of ether oxygens (including phenoxy) is 4. The minimum atomic E-state index is -3.21. The topological polar surface area (TPSA) is 232 Å². The van der Waals surface area contributed by atoms with Crippen molar-refractivity contribution >= 4 is 5.84 Å². The van der Waals surface area contributed by atoms with Gasteiger partial charge >= 0.3 is 0 Å². The summed E-state index contributed by atoms with van der Waals surface area (Å²) >= 11 is 0. The first-order chi connectivity index (χ1) is 19.3. The van der Waals surface area contributed by atoms with Crippen molar-refractivity contribution in [3.05, 3.63) is 0 Å². The van der Waals surface area contributed by atoms with E-state index in [1.165, 1.54) is 14.0 Å². The molecule has 1 saturated carbocycles. The first-order valence-electron chi connectivity index (χ1n) is 13.7. The van der Waals surface area contributed by atoms with Gasteiger partial charge in [0.15, 0.2) is 18.7 Å². The molecule has 3 aliphatic rings. The first-order valence-corrected chi connectivity index (χ1v) is 13.7. The third kappa shape index (κ3) is 8.45. The Balaban J connectivity index is 1.82. The van der Waals surface area contributed by atoms with E-state index in [1.807, 2.05) is 0 Å². The quantitative estimate of drug-likeness (QED) is 0.0604. The maximum absolute atomic E-state index is 13.1. The van der Waals surface area contributed by atoms with Crippen LogP contribution in [0.4, 0.5) is 13.2 Å². The average Bonchev–Trinajstić information content (AvgIpc) is 2.91. The fourth-order valence-corrected chi connectivity index (χ4v) is 5.45. The van der Waals surface area contributed by atoms with Crippen molar-refractivity contribution in [3.63, 3.8) is 0 Å². The summed E-state index contributed by atoms with van der Waals surface area (Å²) in [6.07, 6.45) is -12.8. The molecular formula is C24H45F3N6O8. The number of aliphatic imine (C=N–C) groups is 1. The number of hydrogen-bond donors (Lipinski definition) is 9. The van der Waals surface area contributed by atoms with E-state index in [2.05, 4.69) is 15.6 Å². The third-order valence-electron chi connectivity index (χ3n) is 7.71. The number of hydrogen-bond acceptors (Lipinski definition) is 13. The van der Waals surface area contributed by atoms with Gasteiger partial charge in [0.1, 0.15) is 42.5 Å². The molecule has 17 heteroatoms. The zero-order chi connectivity index (χ0) is 30.5. The number of amidine groups is 1. The van der Waals surface area contributed by atoms with Crippen LogP contribution in [0.15, 0.2) is 4.99 Å². The van der Waals surface area contributed by atoms with Crippen LogP contribution in [-0.2, 0) is 18.9 Å². The van der Waals surface area contributed by atoms with E-state index < -0.39 is 91.8 Å². The number of halogens is 3. The highest BCUT2D eigenvalue weighted by Crippen LogP contribution is 2.33. The SMILES string of the molecule is CN[C@@H]1C(O)[C@@H](OC2C(O)C(O[C@H]3O[C@H](CNCCF)CCC3N)[C@@H](N)C[C@H]2N=C(N)C(O)C(F)F)OCC1(C)O. The fourth-order valence-electron chi connectivity index (χ4n) is 5.45. The van der Waals surface area contributed by atoms with Gasteiger partial charge in [-0.2, -0.15) is 0 Å². The zero-order valence-corrected chi connectivity index (χ0v) is 23.2. The van der Waals surface area contributed by atoms with Gasteiger partial charge in [-0.25, -0.2) is 13.2 Å². The van der Waals surface area contributed by atoms with Crippen molar-refractivity contribution in [1.29, 1.82) is 0 Å². The zero-order valence-electron chi connectivity index (χ0n) is 23.2. The molecule has 7 unspecified atom stereocenters. The number of nitrogens with one attached hydrogen (secondary N) is 2. The number of rotatable bonds is 12. The maximum Gasteiger partial charge on any atom is 0.271 e. The Kier molecular flexibility index (Phi) is 12.5. The molecule has 2 aliphatic heterocycles. The number of likely N-dealkylation sites (N-methyl/N-ethyl adjacent to an activating group) is 1. The van der Waals surface area contributed by atoms with E-state index in [4.69, 9.17) is 36.1 Å². The van der Waals surface area contributed by atoms with Crippen LogP contribution in [0.25, 0.3) is 0 Å². The van der Waals surface area contributed by atoms with Gasteiger partial charge in [-0.05, 0) is 33.2 Å². The second-order valence-electron chi connectivity index (χ2n) is 11.0. The molecular weight excluding hydrogens is 557 g/mol. The fraction of sp³-hybridized carbons (Fsp3) is 0.958. The third-order valence-corrected chi connectivity index (χ3v) is 7.71. The summed E-state index contributed by atoms with van der Waals surface area (Å²) < 4.78 is 62.1. The van der Waals surface area contributed by atoms with Gasteiger partial charge in [-0.15, -0.1) is 0 Å². The van der Waals surface area contributed by atoms with Crippen molar-refractivity contribution < 1.29 is 52.5 Å². The summed E-state index contributed by atoms with van der Waals surface area (Å²) in [6.45, 7) is 1.19. The lowest BCUT2D eigenvalue weighted by atomic mass is 9.83. The molecule has 41 heavy (non-hydrogen) atoms. The van der Waals surface area contributed by atoms with Crippen LogP contribution in [0.2, 0.25) is 0 Å². The number of aliphatic hydroxyl groups is 4. The van der Waals surface area contributed by atoms with E-state index in [0.29, 0.717) is 19.4 Å². The van der Waals surface area contributed by atoms with Crippen LogP contribution in [0.5, 0.6) is 0 Å². The monoisotopic (exact) mass is 602 g/mol. The standard InChI is InChI=1S/C24H45F3N6O8/c1-24(37)9-38-23(15(35)19(24)31-2)41-18-13(33-21(30)16(36)20(26)27)7-12(29)17(14(18)34)40-22-11(28)4-3-10(39-22)8-32-6-5-25/h10-20,22-23,31-32,34-37H,3-9,28-29H2,1-2H3,(H2,30,33)/t10-,11?,12-,13+,14?,15?,16?,17?,18?,19+,22+,23+,24?/m0/s1. The first kappa shape index (κ1) is 34.3. The van der Waals surface area contributed by atoms with Gasteiger partial charge in [0, 0.05) is 19.1 Å². The largest absolute Gasteiger partial charge is 0.388 e. The molecule has 0 aromatic rings. The molecule has 3 rings (SSSR count). The Hall–Kier alpha value is -1.22. The Bertz CT molecular complexity index is 851. The molecule has 0 radical (unpaired) electrons. The highest BCUT2D eigenvalue weighted by Gasteiger charge is 2.51. The minimum Gasteiger partial charge on any atom is -0.388 e. The molecule has 3 fully saturated rings. The van der Waals surface area contributed by atoms with E-state index in [1.54, 1.807) is 0 Å². The number of alkyl halides is 3. The van der Waals surface area contributed by atoms with E-state index >= 15 is 0 Å². The summed E-state index contributed by atoms with van der Waals surface area (Å²) in [6, 6.07) is -3.54. The van der Waals surface area contributed by atoms with Gasteiger partial charge in [-0.1, -0.05) is 0 Å². The van der Waals surface area contributed by atoms with Crippen LogP contribution < -0.4 is 27.8 Å². The van der Waals surface area contributed by atoms with Crippen molar-refractivity contribution in [2.24, 2.45) is 22.2 Å². The van der Waals surface area contributed by atoms with Crippen molar-refractivity contribution in [2.75, 3.05) is 33.4 Å². The lowest BCUT2D eigenvalue weighted by Gasteiger charge is -2.48. The summed E-state index contributed by atoms with van der Waals surface area (Å²) in [7, 11) is 1.52. The molecule has 1 aliphatic carbocycles. The molecule has 2 heterocycles. The second-order valence-corrected chi connectivity index (χ2v) is 11.0. The summed E-state index contributed by atoms with van der Waals surface area (Å²) in [5.41, 5.74) is 16.7. The normalized spacial score (nSPS) is 43.3. The number of nitrogens with two attached hydrogens (primary N) is 3. The van der Waals surface area contributed by atoms with E-state index in [0.717, 1.165) is 0 Å². The molecule has 0 spiro atoms. The van der Waals surface area contributed by atoms with Crippen molar-refractivity contribution in [1.82, 2.24) is 10.6 Å². The Morgan fingerprint density at radius 2 is 1.80 bits per heavy atom. The molecule has 0 bridgehead atoms. The smallest absolute Gasteiger partial charge is 0.271 e. The maximum atomic E-state index is 13.1. The van der Waals surface area contributed by atoms with Crippen LogP contribution in [-0.4, -0.2) is 145 Å². The lowest BCUT2D eigenvalue weighted by Crippen LogP contribution is -2.67. The Morgan fingerprint density at radius 1 is 1.12 bits per heavy atom. The lowest BCUT2D eigenvalue weighted by molar-refractivity contribution is -0.306. The summed E-state index contributed by atoms with van der Waals surface area (Å²) in [5, 5.41) is 48.3. The molecule has 0 aromatic carbocycles. The highest BCUT2D eigenvalue weighted by atomic mass is 19.3. The molecule has 0 aromatic heterocycles. The van der Waals surface area contributed by atoms with Crippen molar-refractivity contribution in [3.8, 4) is 0 Å². The van der Waals surface area contributed by atoms with Crippen molar-refractivity contribution in [2.45, 2.75) is 112 Å². The van der Waals surface area contributed by atoms with Crippen LogP contribution in [0.1, 0.15) is 26.2 Å². The molecule has 2 saturated heterocycles. The van der Waals surface area contributed by atoms with E-state index in [-0.39, 0.29) is 25.7 Å². The van der Waals surface area contributed by atoms with Crippen LogP contribution in [0.3, 0.4) is 0 Å². The Morgan fingerprint density at radius 3 is 2.44 bits per heavy atom. The van der Waals surface area contributed by atoms with Gasteiger partial charge in [-0.3, -0.25) is 4.99 Å². The molecule has 240 valence electrons.